The van der Waals surface area contributed by atoms with Crippen LogP contribution in [0.1, 0.15) is 77.1 Å². The molecule has 0 aliphatic carbocycles. The number of hydrogen-bond acceptors (Lipinski definition) is 5. The van der Waals surface area contributed by atoms with Crippen molar-refractivity contribution in [2.24, 2.45) is 5.10 Å². The van der Waals surface area contributed by atoms with Crippen LogP contribution in [0.3, 0.4) is 0 Å². The van der Waals surface area contributed by atoms with Crippen molar-refractivity contribution in [2.45, 2.75) is 72.1 Å². The number of hydrogen-bond donors (Lipinski definition) is 2. The van der Waals surface area contributed by atoms with Gasteiger partial charge in [-0.3, -0.25) is 9.59 Å². The number of phenols is 1. The molecule has 2 N–H and O–H groups in total. The number of amides is 1. The quantitative estimate of drug-likeness (QED) is 0.172. The van der Waals surface area contributed by atoms with E-state index in [2.05, 4.69) is 83.9 Å². The number of halogens is 2. The minimum Gasteiger partial charge on any atom is -0.507 e. The molecule has 184 valence electrons. The summed E-state index contributed by atoms with van der Waals surface area (Å²) in [6.07, 6.45) is 2.30. The van der Waals surface area contributed by atoms with Crippen LogP contribution in [0.5, 0.6) is 11.5 Å². The molecule has 0 aromatic heterocycles. The molecule has 0 saturated carbocycles. The van der Waals surface area contributed by atoms with Gasteiger partial charge in [0, 0.05) is 13.3 Å². The smallest absolute Gasteiger partial charge is 0.308 e. The predicted octanol–water partition coefficient (Wildman–Crippen LogP) is 6.52. The molecule has 2 aromatic carbocycles. The molecule has 2 aromatic rings. The summed E-state index contributed by atoms with van der Waals surface area (Å²) in [5.74, 6) is 0.0724. The summed E-state index contributed by atoms with van der Waals surface area (Å²) in [4.78, 5) is 23.6. The van der Waals surface area contributed by atoms with E-state index in [1.54, 1.807) is 12.1 Å². The minimum atomic E-state index is -0.423. The lowest BCUT2D eigenvalue weighted by molar-refractivity contribution is -0.132. The van der Waals surface area contributed by atoms with Gasteiger partial charge >= 0.3 is 5.97 Å². The molecule has 0 unspecified atom stereocenters. The molecule has 2 rings (SSSR count). The van der Waals surface area contributed by atoms with Gasteiger partial charge in [0.2, 0.25) is 5.91 Å². The number of nitrogens with zero attached hydrogens (tertiary/aromatic N) is 1. The van der Waals surface area contributed by atoms with Gasteiger partial charge in [-0.1, -0.05) is 53.7 Å². The summed E-state index contributed by atoms with van der Waals surface area (Å²) >= 11 is 6.74. The second-order valence-electron chi connectivity index (χ2n) is 10.2. The first-order chi connectivity index (χ1) is 15.6. The first-order valence-electron chi connectivity index (χ1n) is 11.0. The van der Waals surface area contributed by atoms with Gasteiger partial charge in [0.05, 0.1) is 15.2 Å². The Balaban J connectivity index is 2.10. The largest absolute Gasteiger partial charge is 0.507 e. The first-order valence-corrected chi connectivity index (χ1v) is 12.5. The van der Waals surface area contributed by atoms with Crippen LogP contribution in [0, 0.1) is 0 Å². The number of hydrazone groups is 1. The summed E-state index contributed by atoms with van der Waals surface area (Å²) < 4.78 is 6.32. The molecule has 0 atom stereocenters. The number of aromatic hydroxyl groups is 1. The van der Waals surface area contributed by atoms with Crippen LogP contribution in [0.4, 0.5) is 0 Å². The van der Waals surface area contributed by atoms with Crippen LogP contribution in [0.15, 0.2) is 38.3 Å². The van der Waals surface area contributed by atoms with E-state index < -0.39 is 5.97 Å². The molecule has 0 saturated heterocycles. The lowest BCUT2D eigenvalue weighted by Gasteiger charge is -2.28. The molecule has 1 amide bonds. The molecule has 6 nitrogen and oxygen atoms in total. The van der Waals surface area contributed by atoms with Gasteiger partial charge in [-0.25, -0.2) is 5.43 Å². The number of nitrogens with one attached hydrogen (secondary N) is 1. The Bertz CT molecular complexity index is 1050. The molecular weight excluding hydrogens is 564 g/mol. The second kappa shape index (κ2) is 11.0. The van der Waals surface area contributed by atoms with Crippen molar-refractivity contribution in [3.63, 3.8) is 0 Å². The zero-order valence-corrected chi connectivity index (χ0v) is 23.8. The Hall–Kier alpha value is -2.19. The maximum absolute atomic E-state index is 12.4. The summed E-state index contributed by atoms with van der Waals surface area (Å²) in [5, 5.41) is 14.9. The molecular formula is C26H32Br2N2O4. The highest BCUT2D eigenvalue weighted by molar-refractivity contribution is 9.11. The number of esters is 1. The first kappa shape index (κ1) is 28.1. The topological polar surface area (TPSA) is 88.0 Å². The van der Waals surface area contributed by atoms with Crippen molar-refractivity contribution in [1.29, 1.82) is 0 Å². The highest BCUT2D eigenvalue weighted by Gasteiger charge is 2.26. The molecule has 34 heavy (non-hydrogen) atoms. The molecule has 0 fully saturated rings. The highest BCUT2D eigenvalue weighted by Crippen LogP contribution is 2.40. The molecule has 0 heterocycles. The van der Waals surface area contributed by atoms with Crippen LogP contribution in [0.25, 0.3) is 0 Å². The third-order valence-corrected chi connectivity index (χ3v) is 6.27. The molecule has 0 radical (unpaired) electrons. The number of carbonyl (C=O) groups excluding carboxylic acids is 2. The van der Waals surface area contributed by atoms with E-state index in [0.717, 1.165) is 16.7 Å². The second-order valence-corrected chi connectivity index (χ2v) is 11.9. The highest BCUT2D eigenvalue weighted by atomic mass is 79.9. The number of carbonyl (C=O) groups is 2. The fourth-order valence-electron chi connectivity index (χ4n) is 3.37. The van der Waals surface area contributed by atoms with Crippen LogP contribution in [-0.2, 0) is 26.8 Å². The fourth-order valence-corrected chi connectivity index (χ4v) is 4.75. The number of ether oxygens (including phenoxy) is 1. The van der Waals surface area contributed by atoms with Crippen molar-refractivity contribution in [3.05, 3.63) is 55.5 Å². The SMILES string of the molecule is CC(=O)Oc1c(Br)cc(/C=N\NC(=O)CCc2cc(C(C)(C)C)c(O)c(C(C)(C)C)c2)cc1Br. The molecule has 0 aliphatic rings. The van der Waals surface area contributed by atoms with Gasteiger partial charge < -0.3 is 9.84 Å². The van der Waals surface area contributed by atoms with Crippen molar-refractivity contribution < 1.29 is 19.4 Å². The van der Waals surface area contributed by atoms with E-state index in [1.165, 1.54) is 13.1 Å². The van der Waals surface area contributed by atoms with Gasteiger partial charge in [-0.05, 0) is 83.5 Å². The van der Waals surface area contributed by atoms with Gasteiger partial charge in [-0.2, -0.15) is 5.10 Å². The lowest BCUT2D eigenvalue weighted by atomic mass is 9.78. The number of phenolic OH excluding ortho intramolecular Hbond substituents is 1. The molecule has 0 bridgehead atoms. The third kappa shape index (κ3) is 7.67. The number of rotatable bonds is 6. The summed E-state index contributed by atoms with van der Waals surface area (Å²) in [6, 6.07) is 7.44. The van der Waals surface area contributed by atoms with E-state index in [9.17, 15) is 14.7 Å². The maximum atomic E-state index is 12.4. The van der Waals surface area contributed by atoms with E-state index in [0.29, 0.717) is 32.4 Å². The third-order valence-electron chi connectivity index (χ3n) is 5.10. The van der Waals surface area contributed by atoms with Gasteiger partial charge in [0.15, 0.2) is 5.75 Å². The fraction of sp³-hybridized carbons (Fsp3) is 0.423. The van der Waals surface area contributed by atoms with Crippen LogP contribution >= 0.6 is 31.9 Å². The Morgan fingerprint density at radius 1 is 1.00 bits per heavy atom. The summed E-state index contributed by atoms with van der Waals surface area (Å²) in [6.45, 7) is 13.7. The van der Waals surface area contributed by atoms with Gasteiger partial charge in [0.1, 0.15) is 5.75 Å². The normalized spacial score (nSPS) is 12.1. The summed E-state index contributed by atoms with van der Waals surface area (Å²) in [5.41, 5.74) is 5.57. The van der Waals surface area contributed by atoms with Crippen LogP contribution < -0.4 is 10.2 Å². The Morgan fingerprint density at radius 2 is 1.50 bits per heavy atom. The number of aryl methyl sites for hydroxylation is 1. The van der Waals surface area contributed by atoms with Crippen LogP contribution in [-0.4, -0.2) is 23.2 Å². The monoisotopic (exact) mass is 594 g/mol. The molecule has 0 aliphatic heterocycles. The summed E-state index contributed by atoms with van der Waals surface area (Å²) in [7, 11) is 0. The molecule has 0 spiro atoms. The number of benzene rings is 2. The standard InChI is InChI=1S/C26H32Br2N2O4/c1-15(31)34-24-20(27)12-17(13-21(24)28)14-29-30-22(32)9-8-16-10-18(25(2,3)4)23(33)19(11-16)26(5,6)7/h10-14,33H,8-9H2,1-7H3,(H,30,32)/b29-14-. The van der Waals surface area contributed by atoms with Crippen molar-refractivity contribution >= 4 is 50.0 Å². The Morgan fingerprint density at radius 3 is 1.94 bits per heavy atom. The zero-order valence-electron chi connectivity index (χ0n) is 20.7. The van der Waals surface area contributed by atoms with E-state index in [-0.39, 0.29) is 23.2 Å². The minimum absolute atomic E-state index is 0.214. The van der Waals surface area contributed by atoms with Crippen molar-refractivity contribution in [1.82, 2.24) is 5.43 Å². The predicted molar refractivity (Wildman–Crippen MR) is 143 cm³/mol. The lowest BCUT2D eigenvalue weighted by Crippen LogP contribution is -2.20. The van der Waals surface area contributed by atoms with E-state index in [1.807, 2.05) is 12.1 Å². The van der Waals surface area contributed by atoms with Gasteiger partial charge in [0.25, 0.3) is 0 Å². The average Bonchev–Trinajstić information content (AvgIpc) is 2.68. The van der Waals surface area contributed by atoms with Crippen LogP contribution in [0.2, 0.25) is 0 Å². The average molecular weight is 596 g/mol. The Kier molecular flexibility index (Phi) is 9.10. The maximum Gasteiger partial charge on any atom is 0.308 e. The van der Waals surface area contributed by atoms with Crippen molar-refractivity contribution in [2.75, 3.05) is 0 Å². The zero-order chi connectivity index (χ0) is 25.8. The van der Waals surface area contributed by atoms with Gasteiger partial charge in [-0.15, -0.1) is 0 Å². The van der Waals surface area contributed by atoms with E-state index in [4.69, 9.17) is 4.74 Å². The van der Waals surface area contributed by atoms with E-state index >= 15 is 0 Å². The Labute approximate surface area is 218 Å². The molecule has 8 heteroatoms. The van der Waals surface area contributed by atoms with Crippen molar-refractivity contribution in [3.8, 4) is 11.5 Å².